The van der Waals surface area contributed by atoms with Crippen molar-refractivity contribution in [1.29, 1.82) is 0 Å². The van der Waals surface area contributed by atoms with Gasteiger partial charge in [-0.2, -0.15) is 4.31 Å². The second-order valence-corrected chi connectivity index (χ2v) is 8.90. The maximum absolute atomic E-state index is 13.1. The van der Waals surface area contributed by atoms with E-state index < -0.39 is 23.2 Å². The second-order valence-electron chi connectivity index (χ2n) is 6.04. The number of ether oxygens (including phenoxy) is 1. The molecule has 0 radical (unpaired) electrons. The lowest BCUT2D eigenvalue weighted by Gasteiger charge is -2.38. The molecule has 1 N–H and O–H groups in total. The zero-order valence-corrected chi connectivity index (χ0v) is 17.0. The molecule has 1 aromatic rings. The molecular formula is C16H26N2O6PS+. The number of anilines is 1. The lowest BCUT2D eigenvalue weighted by Crippen LogP contribution is -2.55. The Balaban J connectivity index is 2.12. The lowest BCUT2D eigenvalue weighted by molar-refractivity contribution is 0.126. The van der Waals surface area contributed by atoms with Crippen LogP contribution in [0.5, 0.6) is 5.75 Å². The number of sulfonamides is 1. The van der Waals surface area contributed by atoms with E-state index in [1.165, 1.54) is 4.31 Å². The van der Waals surface area contributed by atoms with E-state index in [9.17, 15) is 13.0 Å². The third kappa shape index (κ3) is 4.18. The Labute approximate surface area is 155 Å². The van der Waals surface area contributed by atoms with Gasteiger partial charge in [-0.1, -0.05) is 18.4 Å². The molecule has 146 valence electrons. The van der Waals surface area contributed by atoms with E-state index in [-0.39, 0.29) is 12.8 Å². The molecule has 0 aromatic heterocycles. The maximum Gasteiger partial charge on any atom is 0.696 e. The zero-order valence-electron chi connectivity index (χ0n) is 15.3. The van der Waals surface area contributed by atoms with Crippen molar-refractivity contribution in [2.24, 2.45) is 0 Å². The molecule has 0 aliphatic carbocycles. The van der Waals surface area contributed by atoms with Gasteiger partial charge in [0, 0.05) is 36.4 Å². The van der Waals surface area contributed by atoms with Crippen LogP contribution in [0.3, 0.4) is 0 Å². The Morgan fingerprint density at radius 2 is 1.65 bits per heavy atom. The number of hydrogen-bond acceptors (Lipinski definition) is 6. The van der Waals surface area contributed by atoms with Gasteiger partial charge in [0.2, 0.25) is 15.0 Å². The maximum atomic E-state index is 13.1. The highest BCUT2D eigenvalue weighted by Gasteiger charge is 2.52. The Bertz CT molecular complexity index is 713. The summed E-state index contributed by atoms with van der Waals surface area (Å²) in [5.41, 5.74) is 0.995. The number of methoxy groups -OCH3 is 1. The quantitative estimate of drug-likeness (QED) is 0.663. The van der Waals surface area contributed by atoms with Crippen LogP contribution in [0.1, 0.15) is 26.7 Å². The third-order valence-corrected chi connectivity index (χ3v) is 8.08. The van der Waals surface area contributed by atoms with Crippen LogP contribution < -0.4 is 9.64 Å². The molecule has 0 bridgehead atoms. The largest absolute Gasteiger partial charge is 0.696 e. The summed E-state index contributed by atoms with van der Waals surface area (Å²) in [5.74, 6) is 0.765. The van der Waals surface area contributed by atoms with Gasteiger partial charge in [-0.3, -0.25) is 0 Å². The first-order chi connectivity index (χ1) is 12.3. The fourth-order valence-electron chi connectivity index (χ4n) is 3.15. The van der Waals surface area contributed by atoms with Crippen LogP contribution in [0.25, 0.3) is 0 Å². The first-order valence-corrected chi connectivity index (χ1v) is 11.1. The minimum absolute atomic E-state index is 0.103. The summed E-state index contributed by atoms with van der Waals surface area (Å²) in [6, 6.07) is 7.60. The topological polar surface area (TPSA) is 96.4 Å². The Morgan fingerprint density at radius 1 is 1.12 bits per heavy atom. The fraction of sp³-hybridized carbons (Fsp3) is 0.625. The highest BCUT2D eigenvalue weighted by atomic mass is 32.2. The Kier molecular flexibility index (Phi) is 6.99. The zero-order chi connectivity index (χ0) is 19.4. The van der Waals surface area contributed by atoms with E-state index in [0.29, 0.717) is 26.2 Å². The van der Waals surface area contributed by atoms with Gasteiger partial charge in [0.15, 0.2) is 0 Å². The predicted octanol–water partition coefficient (Wildman–Crippen LogP) is 2.33. The fourth-order valence-corrected chi connectivity index (χ4v) is 6.10. The van der Waals surface area contributed by atoms with E-state index in [0.717, 1.165) is 11.4 Å². The number of rotatable bonds is 8. The highest BCUT2D eigenvalue weighted by Crippen LogP contribution is 2.38. The average Bonchev–Trinajstić information content (AvgIpc) is 2.66. The molecular weight excluding hydrogens is 379 g/mol. The summed E-state index contributed by atoms with van der Waals surface area (Å²) in [6.45, 7) is 4.94. The smallest absolute Gasteiger partial charge is 0.497 e. The predicted molar refractivity (Wildman–Crippen MR) is 99.9 cm³/mol. The summed E-state index contributed by atoms with van der Waals surface area (Å²) in [5, 5.41) is 0. The van der Waals surface area contributed by atoms with Crippen LogP contribution in [0.2, 0.25) is 0 Å². The average molecular weight is 405 g/mol. The standard InChI is InChI=1S/C16H25N2O6PS/c1-4-16(5-2,24-25(19)20)26(21,22)18-12-10-17(11-13-18)14-6-8-15(23-3)9-7-14/h6-9H,4-5,10-13H2,1-3H3/p+1. The SMILES string of the molecule is CCC(CC)(O[P+](=O)O)S(=O)(=O)N1CCN(c2ccc(OC)cc2)CC1. The van der Waals surface area contributed by atoms with Gasteiger partial charge >= 0.3 is 8.25 Å². The molecule has 26 heavy (non-hydrogen) atoms. The number of nitrogens with zero attached hydrogens (tertiary/aromatic N) is 2. The number of piperazine rings is 1. The van der Waals surface area contributed by atoms with Crippen LogP contribution >= 0.6 is 8.25 Å². The van der Waals surface area contributed by atoms with Gasteiger partial charge < -0.3 is 9.64 Å². The van der Waals surface area contributed by atoms with Crippen LogP contribution in [-0.2, 0) is 19.1 Å². The van der Waals surface area contributed by atoms with Crippen molar-refractivity contribution in [1.82, 2.24) is 4.31 Å². The molecule has 8 nitrogen and oxygen atoms in total. The lowest BCUT2D eigenvalue weighted by atomic mass is 10.2. The summed E-state index contributed by atoms with van der Waals surface area (Å²) in [6.07, 6.45) is 0.207. The molecule has 1 unspecified atom stereocenters. The van der Waals surface area contributed by atoms with E-state index >= 15 is 0 Å². The van der Waals surface area contributed by atoms with Crippen LogP contribution in [-0.4, -0.2) is 55.8 Å². The van der Waals surface area contributed by atoms with Gasteiger partial charge in [-0.25, -0.2) is 8.42 Å². The molecule has 1 aliphatic rings. The molecule has 2 rings (SSSR count). The van der Waals surface area contributed by atoms with Crippen molar-refractivity contribution in [2.45, 2.75) is 31.6 Å². The third-order valence-electron chi connectivity index (χ3n) is 4.81. The van der Waals surface area contributed by atoms with Crippen molar-refractivity contribution in [3.8, 4) is 5.75 Å². The highest BCUT2D eigenvalue weighted by molar-refractivity contribution is 7.90. The summed E-state index contributed by atoms with van der Waals surface area (Å²) < 4.78 is 48.8. The summed E-state index contributed by atoms with van der Waals surface area (Å²) in [4.78, 5) is 9.56. The van der Waals surface area contributed by atoms with Crippen molar-refractivity contribution < 1.29 is 27.1 Å². The van der Waals surface area contributed by atoms with Gasteiger partial charge in [0.25, 0.3) is 0 Å². The van der Waals surface area contributed by atoms with Crippen LogP contribution in [0.4, 0.5) is 5.69 Å². The van der Waals surface area contributed by atoms with Gasteiger partial charge in [0.1, 0.15) is 5.75 Å². The molecule has 0 spiro atoms. The van der Waals surface area contributed by atoms with Gasteiger partial charge in [-0.05, 0) is 37.1 Å². The minimum atomic E-state index is -3.88. The van der Waals surface area contributed by atoms with Crippen molar-refractivity contribution in [2.75, 3.05) is 38.2 Å². The van der Waals surface area contributed by atoms with Crippen LogP contribution in [0, 0.1) is 0 Å². The molecule has 1 aliphatic heterocycles. The van der Waals surface area contributed by atoms with E-state index in [2.05, 4.69) is 4.90 Å². The first kappa shape index (κ1) is 21.1. The van der Waals surface area contributed by atoms with Crippen molar-refractivity contribution >= 4 is 24.0 Å². The molecule has 1 saturated heterocycles. The van der Waals surface area contributed by atoms with E-state index in [1.54, 1.807) is 21.0 Å². The minimum Gasteiger partial charge on any atom is -0.497 e. The molecule has 1 heterocycles. The first-order valence-electron chi connectivity index (χ1n) is 8.53. The molecule has 0 saturated carbocycles. The van der Waals surface area contributed by atoms with E-state index in [4.69, 9.17) is 14.2 Å². The molecule has 10 heteroatoms. The molecule has 1 fully saturated rings. The molecule has 1 aromatic carbocycles. The molecule has 0 amide bonds. The van der Waals surface area contributed by atoms with Crippen molar-refractivity contribution in [3.05, 3.63) is 24.3 Å². The van der Waals surface area contributed by atoms with Crippen LogP contribution in [0.15, 0.2) is 24.3 Å². The Morgan fingerprint density at radius 3 is 2.08 bits per heavy atom. The number of benzene rings is 1. The number of hydrogen-bond donors (Lipinski definition) is 1. The normalized spacial score (nSPS) is 17.2. The summed E-state index contributed by atoms with van der Waals surface area (Å²) >= 11 is 0. The van der Waals surface area contributed by atoms with Crippen molar-refractivity contribution in [3.63, 3.8) is 0 Å². The van der Waals surface area contributed by atoms with Gasteiger partial charge in [-0.15, -0.1) is 4.89 Å². The Hall–Kier alpha value is -1.25. The molecule has 1 atom stereocenters. The van der Waals surface area contributed by atoms with E-state index in [1.807, 2.05) is 24.3 Å². The monoisotopic (exact) mass is 405 g/mol. The second kappa shape index (κ2) is 8.63. The summed E-state index contributed by atoms with van der Waals surface area (Å²) in [7, 11) is -5.28. The van der Waals surface area contributed by atoms with Gasteiger partial charge in [0.05, 0.1) is 7.11 Å².